The number of carbonyl (C=O) groups excluding carboxylic acids is 1. The molecule has 0 saturated heterocycles. The summed E-state index contributed by atoms with van der Waals surface area (Å²) < 4.78 is 6.81. The van der Waals surface area contributed by atoms with Crippen molar-refractivity contribution in [3.05, 3.63) is 88.9 Å². The molecule has 0 bridgehead atoms. The van der Waals surface area contributed by atoms with Crippen LogP contribution >= 0.6 is 0 Å². The van der Waals surface area contributed by atoms with Gasteiger partial charge in [-0.1, -0.05) is 125 Å². The molecule has 5 aromatic rings. The molecule has 3 aromatic carbocycles. The van der Waals surface area contributed by atoms with Crippen LogP contribution in [0.25, 0.3) is 43.9 Å². The molecule has 0 spiro atoms. The van der Waals surface area contributed by atoms with E-state index in [-0.39, 0.29) is 59.7 Å². The summed E-state index contributed by atoms with van der Waals surface area (Å²) in [6.45, 7) is 29.0. The van der Waals surface area contributed by atoms with Crippen LogP contribution in [0.1, 0.15) is 151 Å². The zero-order chi connectivity index (χ0) is 39.7. The van der Waals surface area contributed by atoms with Crippen molar-refractivity contribution in [1.82, 2.24) is 4.98 Å². The van der Waals surface area contributed by atoms with Gasteiger partial charge in [-0.2, -0.15) is 0 Å². The van der Waals surface area contributed by atoms with Crippen molar-refractivity contribution in [1.29, 1.82) is 0 Å². The van der Waals surface area contributed by atoms with Gasteiger partial charge in [0.2, 0.25) is 0 Å². The molecule has 1 N–H and O–H groups in total. The van der Waals surface area contributed by atoms with E-state index in [1.165, 1.54) is 40.0 Å². The van der Waals surface area contributed by atoms with Crippen LogP contribution in [0.2, 0.25) is 0 Å². The third kappa shape index (κ3) is 9.31. The third-order valence-electron chi connectivity index (χ3n) is 12.0. The first-order chi connectivity index (χ1) is 25.4. The van der Waals surface area contributed by atoms with Crippen LogP contribution in [-0.4, -0.2) is 15.9 Å². The van der Waals surface area contributed by atoms with Gasteiger partial charge in [0, 0.05) is 60.9 Å². The van der Waals surface area contributed by atoms with E-state index in [0.29, 0.717) is 5.92 Å². The van der Waals surface area contributed by atoms with Gasteiger partial charge in [0.1, 0.15) is 11.3 Å². The minimum absolute atomic E-state index is 0. The monoisotopic (exact) mass is 921 g/mol. The second kappa shape index (κ2) is 17.5. The zero-order valence-corrected chi connectivity index (χ0v) is 38.3. The van der Waals surface area contributed by atoms with Crippen molar-refractivity contribution in [2.75, 3.05) is 0 Å². The Kier molecular flexibility index (Phi) is 14.1. The summed E-state index contributed by atoms with van der Waals surface area (Å²) in [6.07, 6.45) is 8.16. The second-order valence-corrected chi connectivity index (χ2v) is 18.6. The van der Waals surface area contributed by atoms with Crippen molar-refractivity contribution < 1.29 is 34.4 Å². The van der Waals surface area contributed by atoms with Gasteiger partial charge in [-0.3, -0.25) is 9.78 Å². The Balaban J connectivity index is 0.000000360. The molecule has 0 aliphatic heterocycles. The molecule has 1 aliphatic carbocycles. The molecule has 0 unspecified atom stereocenters. The average Bonchev–Trinajstić information content (AvgIpc) is 3.53. The predicted octanol–water partition coefficient (Wildman–Crippen LogP) is 14.3. The number of aliphatic hydroxyl groups excluding tert-OH is 1. The van der Waals surface area contributed by atoms with Crippen LogP contribution < -0.4 is 0 Å². The smallest absolute Gasteiger partial charge is 0.162 e. The molecule has 5 heteroatoms. The Morgan fingerprint density at radius 1 is 0.891 bits per heavy atom. The largest absolute Gasteiger partial charge is 0.512 e. The van der Waals surface area contributed by atoms with Gasteiger partial charge in [-0.05, 0) is 83.9 Å². The van der Waals surface area contributed by atoms with Crippen LogP contribution in [0.3, 0.4) is 0 Å². The van der Waals surface area contributed by atoms with E-state index in [9.17, 15) is 9.90 Å². The number of fused-ring (bicyclic) bond motifs is 6. The van der Waals surface area contributed by atoms with E-state index in [1.54, 1.807) is 0 Å². The number of rotatable bonds is 10. The minimum atomic E-state index is -0.00665. The van der Waals surface area contributed by atoms with E-state index in [1.807, 2.05) is 27.7 Å². The molecule has 2 heterocycles. The van der Waals surface area contributed by atoms with E-state index in [2.05, 4.69) is 117 Å². The number of nitrogens with zero attached hydrogens (tertiary/aromatic N) is 1. The molecule has 0 amide bonds. The SMILES string of the molecule is CC(C)Cc1cc2c(-c3[c-]c4ccccc4c(C(C)(C)C)c3)nc3ccc4c(c3c2o1)C(C)(C)CCC4(C)C.CCC(CC)C(=O)/C=C(\O)C(CC)CC.[Ir]. The number of ketones is 1. The fourth-order valence-corrected chi connectivity index (χ4v) is 8.52. The third-order valence-corrected chi connectivity index (χ3v) is 12.0. The first-order valence-electron chi connectivity index (χ1n) is 20.7. The number of allylic oxidation sites excluding steroid dienone is 2. The normalized spacial score (nSPS) is 15.4. The standard InChI is InChI=1S/C37H42NO.C13H24O2.Ir/c1-22(2)18-25-21-27-33(24-19-23-12-10-11-13-26(23)29(20-24)35(3,4)5)38-30-15-14-28-32(31(30)34(27)39-25)37(8,9)17-16-36(28,6)7;1-5-10(6-2)12(14)9-13(15)11(7-3)8-4;/h10-15,20-22H,16-18H2,1-9H3;9-11,14H,5-8H2,1-4H3;/q-1;;/b;12-9-;. The summed E-state index contributed by atoms with van der Waals surface area (Å²) in [4.78, 5) is 17.1. The molecule has 6 rings (SSSR count). The van der Waals surface area contributed by atoms with E-state index in [4.69, 9.17) is 9.40 Å². The number of hydrogen-bond acceptors (Lipinski definition) is 4. The Morgan fingerprint density at radius 2 is 1.51 bits per heavy atom. The van der Waals surface area contributed by atoms with Gasteiger partial charge in [0.05, 0.1) is 11.3 Å². The van der Waals surface area contributed by atoms with Crippen LogP contribution in [-0.2, 0) is 47.6 Å². The summed E-state index contributed by atoms with van der Waals surface area (Å²) in [5.74, 6) is 2.10. The van der Waals surface area contributed by atoms with E-state index in [0.717, 1.165) is 77.4 Å². The second-order valence-electron chi connectivity index (χ2n) is 18.6. The van der Waals surface area contributed by atoms with Crippen LogP contribution in [0.5, 0.6) is 0 Å². The summed E-state index contributed by atoms with van der Waals surface area (Å²) in [5.41, 5.74) is 8.39. The quantitative estimate of drug-likeness (QED) is 0.0861. The number of pyridine rings is 1. The topological polar surface area (TPSA) is 63.3 Å². The molecule has 0 saturated carbocycles. The molecule has 299 valence electrons. The van der Waals surface area contributed by atoms with Gasteiger partial charge in [-0.15, -0.1) is 29.1 Å². The van der Waals surface area contributed by atoms with Crippen LogP contribution in [0.15, 0.2) is 64.8 Å². The summed E-state index contributed by atoms with van der Waals surface area (Å²) in [6, 6.07) is 21.5. The first-order valence-corrected chi connectivity index (χ1v) is 20.7. The average molecular weight is 921 g/mol. The molecule has 2 aromatic heterocycles. The Morgan fingerprint density at radius 3 is 2.11 bits per heavy atom. The molecule has 0 fully saturated rings. The molecule has 1 aliphatic rings. The molecule has 55 heavy (non-hydrogen) atoms. The molecule has 0 atom stereocenters. The summed E-state index contributed by atoms with van der Waals surface area (Å²) in [7, 11) is 0. The maximum atomic E-state index is 11.7. The van der Waals surface area contributed by atoms with Crippen molar-refractivity contribution in [3.63, 3.8) is 0 Å². The molecular weight excluding hydrogens is 855 g/mol. The Hall–Kier alpha value is -3.27. The number of hydrogen-bond donors (Lipinski definition) is 1. The fourth-order valence-electron chi connectivity index (χ4n) is 8.52. The Bertz CT molecular complexity index is 2150. The van der Waals surface area contributed by atoms with Crippen LogP contribution in [0, 0.1) is 23.8 Å². The molecular formula is C50H66IrNO3-. The number of carbonyl (C=O) groups is 1. The van der Waals surface area contributed by atoms with Crippen LogP contribution in [0.4, 0.5) is 0 Å². The van der Waals surface area contributed by atoms with Gasteiger partial charge in [0.15, 0.2) is 5.78 Å². The van der Waals surface area contributed by atoms with E-state index < -0.39 is 0 Å². The van der Waals surface area contributed by atoms with Crippen molar-refractivity contribution in [2.24, 2.45) is 17.8 Å². The van der Waals surface area contributed by atoms with Crippen molar-refractivity contribution in [3.8, 4) is 11.3 Å². The number of aromatic nitrogens is 1. The zero-order valence-electron chi connectivity index (χ0n) is 35.9. The molecule has 4 nitrogen and oxygen atoms in total. The number of aliphatic hydroxyl groups is 1. The van der Waals surface area contributed by atoms with E-state index >= 15 is 0 Å². The number of benzene rings is 3. The van der Waals surface area contributed by atoms with Gasteiger partial charge in [-0.25, -0.2) is 0 Å². The first kappa shape index (κ1) is 44.4. The summed E-state index contributed by atoms with van der Waals surface area (Å²) in [5, 5.41) is 14.5. The fraction of sp³-hybridized carbons (Fsp3) is 0.520. The van der Waals surface area contributed by atoms with Gasteiger partial charge < -0.3 is 9.52 Å². The summed E-state index contributed by atoms with van der Waals surface area (Å²) >= 11 is 0. The minimum Gasteiger partial charge on any atom is -0.512 e. The van der Waals surface area contributed by atoms with Gasteiger partial charge >= 0.3 is 0 Å². The predicted molar refractivity (Wildman–Crippen MR) is 230 cm³/mol. The van der Waals surface area contributed by atoms with Gasteiger partial charge in [0.25, 0.3) is 0 Å². The maximum Gasteiger partial charge on any atom is 0.162 e. The number of furan rings is 1. The maximum absolute atomic E-state index is 11.7. The molecule has 1 radical (unpaired) electrons. The van der Waals surface area contributed by atoms with Crippen molar-refractivity contribution in [2.45, 2.75) is 151 Å². The Labute approximate surface area is 345 Å². The van der Waals surface area contributed by atoms with Crippen molar-refractivity contribution >= 4 is 38.4 Å².